The van der Waals surface area contributed by atoms with Crippen molar-refractivity contribution in [3.05, 3.63) is 57.5 Å². The van der Waals surface area contributed by atoms with Gasteiger partial charge in [0.2, 0.25) is 5.91 Å². The van der Waals surface area contributed by atoms with Crippen LogP contribution in [0.4, 0.5) is 5.82 Å². The van der Waals surface area contributed by atoms with Gasteiger partial charge in [0.15, 0.2) is 0 Å². The molecule has 0 saturated carbocycles. The Bertz CT molecular complexity index is 1390. The maximum Gasteiger partial charge on any atom is 0.339 e. The molecule has 170 valence electrons. The van der Waals surface area contributed by atoms with Crippen molar-refractivity contribution in [3.63, 3.8) is 0 Å². The van der Waals surface area contributed by atoms with Crippen molar-refractivity contribution in [2.45, 2.75) is 19.8 Å². The van der Waals surface area contributed by atoms with E-state index in [2.05, 4.69) is 14.9 Å². The normalized spacial score (nSPS) is 14.2. The number of rotatable bonds is 5. The number of fused-ring (bicyclic) bond motifs is 2. The number of methoxy groups -OCH3 is 1. The summed E-state index contributed by atoms with van der Waals surface area (Å²) in [6.07, 6.45) is 2.23. The van der Waals surface area contributed by atoms with Crippen LogP contribution in [0, 0.1) is 6.92 Å². The van der Waals surface area contributed by atoms with Crippen molar-refractivity contribution in [1.29, 1.82) is 0 Å². The average Bonchev–Trinajstić information content (AvgIpc) is 3.32. The highest BCUT2D eigenvalue weighted by Crippen LogP contribution is 2.28. The molecule has 8 nitrogen and oxygen atoms in total. The van der Waals surface area contributed by atoms with Crippen molar-refractivity contribution in [2.24, 2.45) is 0 Å². The minimum absolute atomic E-state index is 0.0478. The molecule has 4 heterocycles. The summed E-state index contributed by atoms with van der Waals surface area (Å²) in [7, 11) is 1.57. The standard InChI is InChI=1S/C24H24N4O4S/c1-15-17-4-3-16(31-2)13-20(17)32-24(30)18(15)5-6-21(29)27-8-10-28(11-9-27)22-19-7-12-33-23(19)26-14-25-22/h3-4,7,12-14H,5-6,8-11H2,1-2H3. The van der Waals surface area contributed by atoms with Crippen LogP contribution in [-0.2, 0) is 11.2 Å². The lowest BCUT2D eigenvalue weighted by Gasteiger charge is -2.35. The van der Waals surface area contributed by atoms with Gasteiger partial charge in [0.1, 0.15) is 28.3 Å². The first kappa shape index (κ1) is 21.4. The number of nitrogens with zero attached hydrogens (tertiary/aromatic N) is 4. The molecule has 5 rings (SSSR count). The van der Waals surface area contributed by atoms with E-state index in [9.17, 15) is 9.59 Å². The molecule has 1 aromatic carbocycles. The molecule has 0 bridgehead atoms. The van der Waals surface area contributed by atoms with Crippen LogP contribution in [0.2, 0.25) is 0 Å². The number of aromatic nitrogens is 2. The van der Waals surface area contributed by atoms with Crippen LogP contribution in [0.1, 0.15) is 17.5 Å². The molecule has 9 heteroatoms. The predicted octanol–water partition coefficient (Wildman–Crippen LogP) is 3.40. The molecule has 1 aliphatic rings. The fraction of sp³-hybridized carbons (Fsp3) is 0.333. The van der Waals surface area contributed by atoms with Gasteiger partial charge in [-0.2, -0.15) is 0 Å². The van der Waals surface area contributed by atoms with Crippen LogP contribution in [0.25, 0.3) is 21.2 Å². The van der Waals surface area contributed by atoms with Crippen molar-refractivity contribution in [1.82, 2.24) is 14.9 Å². The van der Waals surface area contributed by atoms with Gasteiger partial charge in [-0.05, 0) is 42.5 Å². The summed E-state index contributed by atoms with van der Waals surface area (Å²) in [6.45, 7) is 4.58. The van der Waals surface area contributed by atoms with Crippen LogP contribution >= 0.6 is 11.3 Å². The molecule has 4 aromatic rings. The van der Waals surface area contributed by atoms with Crippen LogP contribution < -0.4 is 15.3 Å². The third kappa shape index (κ3) is 4.04. The van der Waals surface area contributed by atoms with E-state index >= 15 is 0 Å². The second kappa shape index (κ2) is 8.82. The lowest BCUT2D eigenvalue weighted by molar-refractivity contribution is -0.131. The Labute approximate surface area is 194 Å². The van der Waals surface area contributed by atoms with Gasteiger partial charge in [-0.25, -0.2) is 14.8 Å². The summed E-state index contributed by atoms with van der Waals surface area (Å²) in [5, 5.41) is 3.93. The number of piperazine rings is 1. The average molecular weight is 465 g/mol. The number of carbonyl (C=O) groups excluding carboxylic acids is 1. The number of aryl methyl sites for hydroxylation is 1. The zero-order chi connectivity index (χ0) is 22.9. The third-order valence-electron chi connectivity index (χ3n) is 6.26. The topological polar surface area (TPSA) is 88.8 Å². The first-order valence-corrected chi connectivity index (χ1v) is 11.7. The van der Waals surface area contributed by atoms with Gasteiger partial charge in [-0.1, -0.05) is 0 Å². The van der Waals surface area contributed by atoms with E-state index in [1.54, 1.807) is 30.8 Å². The Balaban J connectivity index is 1.24. The molecule has 0 unspecified atom stereocenters. The molecule has 0 radical (unpaired) electrons. The van der Waals surface area contributed by atoms with Gasteiger partial charge in [0.05, 0.1) is 12.5 Å². The summed E-state index contributed by atoms with van der Waals surface area (Å²) in [5.74, 6) is 1.61. The lowest BCUT2D eigenvalue weighted by Crippen LogP contribution is -2.49. The summed E-state index contributed by atoms with van der Waals surface area (Å²) < 4.78 is 10.7. The Morgan fingerprint density at radius 1 is 1.15 bits per heavy atom. The van der Waals surface area contributed by atoms with Gasteiger partial charge in [-0.3, -0.25) is 4.79 Å². The van der Waals surface area contributed by atoms with Crippen molar-refractivity contribution < 1.29 is 13.9 Å². The van der Waals surface area contributed by atoms with E-state index < -0.39 is 5.63 Å². The highest BCUT2D eigenvalue weighted by molar-refractivity contribution is 7.16. The smallest absolute Gasteiger partial charge is 0.339 e. The number of thiophene rings is 1. The third-order valence-corrected chi connectivity index (χ3v) is 7.08. The maximum atomic E-state index is 12.9. The number of benzene rings is 1. The molecule has 0 atom stereocenters. The molecule has 1 aliphatic heterocycles. The van der Waals surface area contributed by atoms with Gasteiger partial charge in [-0.15, -0.1) is 11.3 Å². The number of amides is 1. The van der Waals surface area contributed by atoms with Crippen molar-refractivity contribution >= 4 is 44.2 Å². The zero-order valence-electron chi connectivity index (χ0n) is 18.5. The second-order valence-electron chi connectivity index (χ2n) is 8.06. The van der Waals surface area contributed by atoms with E-state index in [1.807, 2.05) is 35.4 Å². The Morgan fingerprint density at radius 3 is 2.76 bits per heavy atom. The van der Waals surface area contributed by atoms with Crippen molar-refractivity contribution in [2.75, 3.05) is 38.2 Å². The Morgan fingerprint density at radius 2 is 1.97 bits per heavy atom. The monoisotopic (exact) mass is 464 g/mol. The number of hydrogen-bond donors (Lipinski definition) is 0. The van der Waals surface area contributed by atoms with Crippen molar-refractivity contribution in [3.8, 4) is 5.75 Å². The summed E-state index contributed by atoms with van der Waals surface area (Å²) >= 11 is 1.60. The summed E-state index contributed by atoms with van der Waals surface area (Å²) in [6, 6.07) is 7.47. The van der Waals surface area contributed by atoms with E-state index in [0.29, 0.717) is 49.5 Å². The fourth-order valence-electron chi connectivity index (χ4n) is 4.38. The molecule has 0 N–H and O–H groups in total. The number of carbonyl (C=O) groups is 1. The first-order valence-electron chi connectivity index (χ1n) is 10.9. The second-order valence-corrected chi connectivity index (χ2v) is 8.95. The minimum atomic E-state index is -0.394. The largest absolute Gasteiger partial charge is 0.497 e. The Hall–Kier alpha value is -3.46. The van der Waals surface area contributed by atoms with E-state index in [0.717, 1.165) is 27.0 Å². The van der Waals surface area contributed by atoms with Crippen LogP contribution in [0.3, 0.4) is 0 Å². The molecule has 33 heavy (non-hydrogen) atoms. The number of hydrogen-bond acceptors (Lipinski definition) is 8. The Kier molecular flexibility index (Phi) is 5.72. The minimum Gasteiger partial charge on any atom is -0.497 e. The molecule has 1 fully saturated rings. The van der Waals surface area contributed by atoms with E-state index in [-0.39, 0.29) is 12.3 Å². The van der Waals surface area contributed by atoms with Gasteiger partial charge in [0.25, 0.3) is 0 Å². The number of anilines is 1. The van der Waals surface area contributed by atoms with E-state index in [4.69, 9.17) is 9.15 Å². The van der Waals surface area contributed by atoms with Gasteiger partial charge < -0.3 is 19.0 Å². The molecular formula is C24H24N4O4S. The van der Waals surface area contributed by atoms with Crippen LogP contribution in [0.5, 0.6) is 5.75 Å². The molecule has 1 amide bonds. The predicted molar refractivity (Wildman–Crippen MR) is 128 cm³/mol. The molecule has 0 spiro atoms. The SMILES string of the molecule is COc1ccc2c(C)c(CCC(=O)N3CCN(c4ncnc5sccc45)CC3)c(=O)oc2c1. The summed E-state index contributed by atoms with van der Waals surface area (Å²) in [5.41, 5.74) is 1.51. The fourth-order valence-corrected chi connectivity index (χ4v) is 5.10. The molecule has 0 aliphatic carbocycles. The van der Waals surface area contributed by atoms with Gasteiger partial charge in [0, 0.05) is 49.6 Å². The van der Waals surface area contributed by atoms with E-state index in [1.165, 1.54) is 0 Å². The quantitative estimate of drug-likeness (QED) is 0.418. The highest BCUT2D eigenvalue weighted by atomic mass is 32.1. The van der Waals surface area contributed by atoms with Crippen LogP contribution in [-0.4, -0.2) is 54.1 Å². The van der Waals surface area contributed by atoms with Gasteiger partial charge >= 0.3 is 5.63 Å². The molecular weight excluding hydrogens is 440 g/mol. The molecule has 3 aromatic heterocycles. The lowest BCUT2D eigenvalue weighted by atomic mass is 10.0. The first-order chi connectivity index (χ1) is 16.0. The maximum absolute atomic E-state index is 12.9. The zero-order valence-corrected chi connectivity index (χ0v) is 19.4. The highest BCUT2D eigenvalue weighted by Gasteiger charge is 2.24. The summed E-state index contributed by atoms with van der Waals surface area (Å²) in [4.78, 5) is 39.3. The molecule has 1 saturated heterocycles. The number of ether oxygens (including phenoxy) is 1. The van der Waals surface area contributed by atoms with Crippen LogP contribution in [0.15, 0.2) is 45.2 Å².